The van der Waals surface area contributed by atoms with Gasteiger partial charge >= 0.3 is 0 Å². The molecule has 0 heterocycles. The summed E-state index contributed by atoms with van der Waals surface area (Å²) in [6.07, 6.45) is -2.78. The summed E-state index contributed by atoms with van der Waals surface area (Å²) in [5.41, 5.74) is 4.89. The maximum absolute atomic E-state index is 13.2. The Morgan fingerprint density at radius 3 is 2.43 bits per heavy atom. The van der Waals surface area contributed by atoms with Gasteiger partial charge in [-0.2, -0.15) is 0 Å². The molecule has 0 aliphatic carbocycles. The van der Waals surface area contributed by atoms with Gasteiger partial charge in [-0.3, -0.25) is 0 Å². The molecular formula is C9H10F3NO. The zero-order valence-corrected chi connectivity index (χ0v) is 7.51. The van der Waals surface area contributed by atoms with Crippen LogP contribution < -0.4 is 10.5 Å². The van der Waals surface area contributed by atoms with E-state index in [1.807, 2.05) is 0 Å². The summed E-state index contributed by atoms with van der Waals surface area (Å²) < 4.78 is 42.2. The molecule has 0 saturated heterocycles. The molecule has 0 radical (unpaired) electrons. The topological polar surface area (TPSA) is 35.2 Å². The highest BCUT2D eigenvalue weighted by Crippen LogP contribution is 2.24. The number of halogens is 3. The van der Waals surface area contributed by atoms with Crippen LogP contribution in [0.25, 0.3) is 0 Å². The van der Waals surface area contributed by atoms with E-state index in [4.69, 9.17) is 10.5 Å². The van der Waals surface area contributed by atoms with E-state index < -0.39 is 18.3 Å². The lowest BCUT2D eigenvalue weighted by molar-refractivity contribution is 0.114. The summed E-state index contributed by atoms with van der Waals surface area (Å²) in [4.78, 5) is 0. The highest BCUT2D eigenvalue weighted by molar-refractivity contribution is 5.30. The highest BCUT2D eigenvalue weighted by Gasteiger charge is 2.20. The van der Waals surface area contributed by atoms with Crippen LogP contribution in [0.1, 0.15) is 11.6 Å². The minimum Gasteiger partial charge on any atom is -0.497 e. The zero-order chi connectivity index (χ0) is 10.7. The average molecular weight is 205 g/mol. The molecule has 0 saturated carbocycles. The van der Waals surface area contributed by atoms with E-state index in [2.05, 4.69) is 0 Å². The van der Waals surface area contributed by atoms with Crippen LogP contribution >= 0.6 is 0 Å². The molecule has 0 unspecified atom stereocenters. The fourth-order valence-electron chi connectivity index (χ4n) is 1.04. The van der Waals surface area contributed by atoms with Gasteiger partial charge in [-0.25, -0.2) is 13.2 Å². The van der Waals surface area contributed by atoms with Crippen molar-refractivity contribution in [2.75, 3.05) is 7.11 Å². The number of methoxy groups -OCH3 is 1. The van der Waals surface area contributed by atoms with Crippen molar-refractivity contribution in [3.8, 4) is 5.75 Å². The number of benzene rings is 1. The van der Waals surface area contributed by atoms with E-state index in [0.29, 0.717) is 0 Å². The average Bonchev–Trinajstić information content (AvgIpc) is 2.16. The first-order valence-corrected chi connectivity index (χ1v) is 3.93. The molecule has 0 spiro atoms. The normalized spacial score (nSPS) is 13.0. The zero-order valence-electron chi connectivity index (χ0n) is 7.51. The predicted molar refractivity (Wildman–Crippen MR) is 45.9 cm³/mol. The Hall–Kier alpha value is -1.23. The Kier molecular flexibility index (Phi) is 3.35. The van der Waals surface area contributed by atoms with Gasteiger partial charge in [0, 0.05) is 11.6 Å². The maximum atomic E-state index is 13.2. The molecule has 0 amide bonds. The first-order chi connectivity index (χ1) is 6.56. The maximum Gasteiger partial charge on any atom is 0.257 e. The highest BCUT2D eigenvalue weighted by atomic mass is 19.3. The molecule has 2 N–H and O–H groups in total. The lowest BCUT2D eigenvalue weighted by Gasteiger charge is -2.12. The Labute approximate surface area is 79.5 Å². The minimum atomic E-state index is -2.78. The third-order valence-corrected chi connectivity index (χ3v) is 1.84. The Morgan fingerprint density at radius 1 is 1.36 bits per heavy atom. The number of rotatable bonds is 3. The second-order valence-corrected chi connectivity index (χ2v) is 2.75. The van der Waals surface area contributed by atoms with Gasteiger partial charge in [0.05, 0.1) is 13.2 Å². The summed E-state index contributed by atoms with van der Waals surface area (Å²) in [5, 5.41) is 0. The molecular weight excluding hydrogens is 195 g/mol. The quantitative estimate of drug-likeness (QED) is 0.820. The predicted octanol–water partition coefficient (Wildman–Crippen LogP) is 2.10. The first kappa shape index (κ1) is 10.8. The number of hydrogen-bond acceptors (Lipinski definition) is 2. The molecule has 1 aromatic carbocycles. The van der Waals surface area contributed by atoms with Crippen LogP contribution in [0.2, 0.25) is 0 Å². The smallest absolute Gasteiger partial charge is 0.257 e. The fraction of sp³-hybridized carbons (Fsp3) is 0.333. The first-order valence-electron chi connectivity index (χ1n) is 3.93. The van der Waals surface area contributed by atoms with Crippen LogP contribution in [-0.2, 0) is 0 Å². The Morgan fingerprint density at radius 2 is 2.00 bits per heavy atom. The van der Waals surface area contributed by atoms with Crippen LogP contribution in [0.15, 0.2) is 18.2 Å². The number of nitrogens with two attached hydrogens (primary N) is 1. The Balaban J connectivity index is 2.99. The second-order valence-electron chi connectivity index (χ2n) is 2.75. The van der Waals surface area contributed by atoms with Crippen molar-refractivity contribution in [3.05, 3.63) is 29.6 Å². The van der Waals surface area contributed by atoms with Crippen LogP contribution in [0.3, 0.4) is 0 Å². The minimum absolute atomic E-state index is 0.208. The molecule has 78 valence electrons. The third-order valence-electron chi connectivity index (χ3n) is 1.84. The molecule has 2 nitrogen and oxygen atoms in total. The van der Waals surface area contributed by atoms with Crippen LogP contribution in [-0.4, -0.2) is 13.5 Å². The van der Waals surface area contributed by atoms with E-state index in [0.717, 1.165) is 6.07 Å². The number of alkyl halides is 2. The summed E-state index contributed by atoms with van der Waals surface area (Å²) in [6.45, 7) is 0. The molecule has 0 aromatic heterocycles. The summed E-state index contributed by atoms with van der Waals surface area (Å²) in [5.74, 6) is -0.509. The van der Waals surface area contributed by atoms with Crippen molar-refractivity contribution in [2.24, 2.45) is 5.73 Å². The van der Waals surface area contributed by atoms with Crippen molar-refractivity contribution in [3.63, 3.8) is 0 Å². The van der Waals surface area contributed by atoms with Crippen molar-refractivity contribution in [1.29, 1.82) is 0 Å². The van der Waals surface area contributed by atoms with E-state index in [-0.39, 0.29) is 11.3 Å². The van der Waals surface area contributed by atoms with E-state index in [9.17, 15) is 13.2 Å². The van der Waals surface area contributed by atoms with E-state index >= 15 is 0 Å². The molecule has 5 heteroatoms. The van der Waals surface area contributed by atoms with Gasteiger partial charge in [-0.1, -0.05) is 6.07 Å². The molecule has 0 fully saturated rings. The lowest BCUT2D eigenvalue weighted by atomic mass is 10.1. The molecule has 0 aliphatic rings. The lowest BCUT2D eigenvalue weighted by Crippen LogP contribution is -2.20. The van der Waals surface area contributed by atoms with Crippen molar-refractivity contribution in [1.82, 2.24) is 0 Å². The Bertz CT molecular complexity index is 317. The third kappa shape index (κ3) is 2.17. The summed E-state index contributed by atoms with van der Waals surface area (Å²) >= 11 is 0. The van der Waals surface area contributed by atoms with Gasteiger partial charge in [-0.15, -0.1) is 0 Å². The van der Waals surface area contributed by atoms with Gasteiger partial charge in [0.15, 0.2) is 0 Å². The molecule has 0 aliphatic heterocycles. The van der Waals surface area contributed by atoms with Gasteiger partial charge in [0.25, 0.3) is 6.43 Å². The van der Waals surface area contributed by atoms with Gasteiger partial charge in [0.2, 0.25) is 0 Å². The van der Waals surface area contributed by atoms with Gasteiger partial charge in [0.1, 0.15) is 11.6 Å². The van der Waals surface area contributed by atoms with Crippen molar-refractivity contribution >= 4 is 0 Å². The fourth-order valence-corrected chi connectivity index (χ4v) is 1.04. The standard InChI is InChI=1S/C9H10F3NO/c1-14-5-2-3-6(7(10)4-5)8(13)9(11)12/h2-4,8-9H,13H2,1H3/t8-/m0/s1. The largest absolute Gasteiger partial charge is 0.497 e. The van der Waals surface area contributed by atoms with Gasteiger partial charge < -0.3 is 10.5 Å². The summed E-state index contributed by atoms with van der Waals surface area (Å²) in [6, 6.07) is 2.02. The molecule has 14 heavy (non-hydrogen) atoms. The van der Waals surface area contributed by atoms with Crippen LogP contribution in [0, 0.1) is 5.82 Å². The molecule has 1 rings (SSSR count). The van der Waals surface area contributed by atoms with Gasteiger partial charge in [-0.05, 0) is 6.07 Å². The summed E-state index contributed by atoms with van der Waals surface area (Å²) in [7, 11) is 1.36. The van der Waals surface area contributed by atoms with Crippen LogP contribution in [0.5, 0.6) is 5.75 Å². The van der Waals surface area contributed by atoms with E-state index in [1.54, 1.807) is 0 Å². The van der Waals surface area contributed by atoms with Crippen LogP contribution in [0.4, 0.5) is 13.2 Å². The molecule has 0 bridgehead atoms. The number of ether oxygens (including phenoxy) is 1. The molecule has 1 aromatic rings. The SMILES string of the molecule is COc1ccc([C@H](N)C(F)F)c(F)c1. The monoisotopic (exact) mass is 205 g/mol. The van der Waals surface area contributed by atoms with E-state index in [1.165, 1.54) is 19.2 Å². The van der Waals surface area contributed by atoms with Crippen molar-refractivity contribution in [2.45, 2.75) is 12.5 Å². The second kappa shape index (κ2) is 4.32. The molecule has 1 atom stereocenters. The number of hydrogen-bond donors (Lipinski definition) is 1. The van der Waals surface area contributed by atoms with Crippen molar-refractivity contribution < 1.29 is 17.9 Å².